The van der Waals surface area contributed by atoms with Crippen LogP contribution in [-0.4, -0.2) is 29.6 Å². The second-order valence-electron chi connectivity index (χ2n) is 2.22. The van der Waals surface area contributed by atoms with Crippen LogP contribution in [0.4, 0.5) is 0 Å². The van der Waals surface area contributed by atoms with E-state index >= 15 is 0 Å². The van der Waals surface area contributed by atoms with Gasteiger partial charge < -0.3 is 16.6 Å². The second kappa shape index (κ2) is 3.65. The van der Waals surface area contributed by atoms with E-state index < -0.39 is 5.60 Å². The molecule has 0 rings (SSSR count). The molecule has 0 spiro atoms. The van der Waals surface area contributed by atoms with E-state index in [0.717, 1.165) is 0 Å². The van der Waals surface area contributed by atoms with E-state index in [4.69, 9.17) is 11.5 Å². The fourth-order valence-electron chi connectivity index (χ4n) is 0.640. The van der Waals surface area contributed by atoms with E-state index in [9.17, 15) is 9.90 Å². The Bertz CT molecular complexity index is 121. The van der Waals surface area contributed by atoms with Crippen LogP contribution in [0.25, 0.3) is 0 Å². The smallest absolute Gasteiger partial charge is 0.166 e. The molecule has 4 heteroatoms. The van der Waals surface area contributed by atoms with Crippen molar-refractivity contribution in [3.05, 3.63) is 0 Å². The molecule has 4 nitrogen and oxygen atoms in total. The minimum atomic E-state index is -1.49. The quantitative estimate of drug-likeness (QED) is 0.455. The molecule has 0 fully saturated rings. The van der Waals surface area contributed by atoms with Gasteiger partial charge in [-0.25, -0.2) is 0 Å². The number of nitrogens with two attached hydrogens (primary N) is 2. The summed E-state index contributed by atoms with van der Waals surface area (Å²) in [6.45, 7) is 1.46. The van der Waals surface area contributed by atoms with Gasteiger partial charge in [-0.15, -0.1) is 0 Å². The number of carbonyl (C=O) groups is 1. The topological polar surface area (TPSA) is 89.3 Å². The Morgan fingerprint density at radius 1 is 1.50 bits per heavy atom. The fraction of sp³-hybridized carbons (Fsp3) is 0.833. The van der Waals surface area contributed by atoms with Crippen molar-refractivity contribution in [1.29, 1.82) is 0 Å². The standard InChI is InChI=1S/C6H14N2O2/c1-2-5(9)6(10,3-7)4-8/h10H,2-4,7-8H2,1H3. The molecule has 0 aromatic heterocycles. The normalized spacial score (nSPS) is 11.6. The minimum absolute atomic E-state index is 0.101. The zero-order valence-electron chi connectivity index (χ0n) is 6.13. The van der Waals surface area contributed by atoms with Crippen molar-refractivity contribution in [1.82, 2.24) is 0 Å². The first-order valence-corrected chi connectivity index (χ1v) is 3.26. The summed E-state index contributed by atoms with van der Waals surface area (Å²) in [5, 5.41) is 9.30. The molecule has 0 aliphatic rings. The first-order chi connectivity index (χ1) is 4.60. The van der Waals surface area contributed by atoms with Gasteiger partial charge in [-0.2, -0.15) is 0 Å². The molecule has 0 unspecified atom stereocenters. The van der Waals surface area contributed by atoms with Gasteiger partial charge in [0.2, 0.25) is 0 Å². The lowest BCUT2D eigenvalue weighted by Gasteiger charge is -2.21. The highest BCUT2D eigenvalue weighted by Gasteiger charge is 2.30. The van der Waals surface area contributed by atoms with Gasteiger partial charge in [0, 0.05) is 19.5 Å². The molecule has 0 bridgehead atoms. The third-order valence-corrected chi connectivity index (χ3v) is 1.52. The Morgan fingerprint density at radius 3 is 2.00 bits per heavy atom. The van der Waals surface area contributed by atoms with Gasteiger partial charge in [-0.3, -0.25) is 4.79 Å². The average Bonchev–Trinajstić information content (AvgIpc) is 2.01. The maximum absolute atomic E-state index is 10.9. The van der Waals surface area contributed by atoms with Crippen molar-refractivity contribution in [3.63, 3.8) is 0 Å². The lowest BCUT2D eigenvalue weighted by atomic mass is 9.97. The molecule has 0 aliphatic heterocycles. The van der Waals surface area contributed by atoms with Crippen LogP contribution in [0.3, 0.4) is 0 Å². The Morgan fingerprint density at radius 2 is 1.90 bits per heavy atom. The SMILES string of the molecule is CCC(=O)C(O)(CN)CN. The van der Waals surface area contributed by atoms with Gasteiger partial charge in [0.05, 0.1) is 0 Å². The monoisotopic (exact) mass is 146 g/mol. The highest BCUT2D eigenvalue weighted by molar-refractivity contribution is 5.87. The Labute approximate surface area is 60.2 Å². The molecule has 0 aromatic rings. The second-order valence-corrected chi connectivity index (χ2v) is 2.22. The van der Waals surface area contributed by atoms with Crippen LogP contribution in [0.1, 0.15) is 13.3 Å². The van der Waals surface area contributed by atoms with E-state index in [1.807, 2.05) is 0 Å². The number of aliphatic hydroxyl groups is 1. The third kappa shape index (κ3) is 1.76. The summed E-state index contributed by atoms with van der Waals surface area (Å²) in [4.78, 5) is 10.9. The molecule has 0 atom stereocenters. The Hall–Kier alpha value is -0.450. The lowest BCUT2D eigenvalue weighted by Crippen LogP contribution is -2.51. The maximum Gasteiger partial charge on any atom is 0.166 e. The molecule has 60 valence electrons. The van der Waals surface area contributed by atoms with Crippen molar-refractivity contribution in [3.8, 4) is 0 Å². The first kappa shape index (κ1) is 9.55. The summed E-state index contributed by atoms with van der Waals surface area (Å²) >= 11 is 0. The summed E-state index contributed by atoms with van der Waals surface area (Å²) in [6.07, 6.45) is 0.269. The first-order valence-electron chi connectivity index (χ1n) is 3.26. The van der Waals surface area contributed by atoms with Crippen LogP contribution in [0.5, 0.6) is 0 Å². The molecule has 0 aromatic carbocycles. The van der Waals surface area contributed by atoms with Gasteiger partial charge in [-0.1, -0.05) is 6.92 Å². The van der Waals surface area contributed by atoms with Crippen LogP contribution in [-0.2, 0) is 4.79 Å². The Balaban J connectivity index is 4.17. The van der Waals surface area contributed by atoms with Gasteiger partial charge in [0.1, 0.15) is 5.60 Å². The number of hydrogen-bond donors (Lipinski definition) is 3. The van der Waals surface area contributed by atoms with Crippen LogP contribution >= 0.6 is 0 Å². The number of ketones is 1. The summed E-state index contributed by atoms with van der Waals surface area (Å²) in [7, 11) is 0. The third-order valence-electron chi connectivity index (χ3n) is 1.52. The summed E-state index contributed by atoms with van der Waals surface area (Å²) in [5.41, 5.74) is 8.80. The number of carbonyl (C=O) groups excluding carboxylic acids is 1. The van der Waals surface area contributed by atoms with E-state index in [-0.39, 0.29) is 25.3 Å². The van der Waals surface area contributed by atoms with Crippen LogP contribution in [0.15, 0.2) is 0 Å². The van der Waals surface area contributed by atoms with Crippen LogP contribution in [0.2, 0.25) is 0 Å². The minimum Gasteiger partial charge on any atom is -0.379 e. The predicted octanol–water partition coefficient (Wildman–Crippen LogP) is -1.39. The van der Waals surface area contributed by atoms with Gasteiger partial charge in [0.15, 0.2) is 5.78 Å². The molecule has 0 aliphatic carbocycles. The van der Waals surface area contributed by atoms with Crippen molar-refractivity contribution >= 4 is 5.78 Å². The van der Waals surface area contributed by atoms with Gasteiger partial charge in [0.25, 0.3) is 0 Å². The lowest BCUT2D eigenvalue weighted by molar-refractivity contribution is -0.135. The highest BCUT2D eigenvalue weighted by Crippen LogP contribution is 2.03. The van der Waals surface area contributed by atoms with Crippen molar-refractivity contribution < 1.29 is 9.90 Å². The van der Waals surface area contributed by atoms with Crippen molar-refractivity contribution in [2.75, 3.05) is 13.1 Å². The highest BCUT2D eigenvalue weighted by atomic mass is 16.3. The molecule has 0 heterocycles. The van der Waals surface area contributed by atoms with Crippen molar-refractivity contribution in [2.24, 2.45) is 11.5 Å². The molecular formula is C6H14N2O2. The van der Waals surface area contributed by atoms with Gasteiger partial charge in [-0.05, 0) is 0 Å². The maximum atomic E-state index is 10.9. The molecule has 10 heavy (non-hydrogen) atoms. The molecule has 0 saturated carbocycles. The molecule has 0 amide bonds. The largest absolute Gasteiger partial charge is 0.379 e. The summed E-state index contributed by atoms with van der Waals surface area (Å²) < 4.78 is 0. The summed E-state index contributed by atoms with van der Waals surface area (Å²) in [5.74, 6) is -0.294. The molecule has 0 saturated heterocycles. The van der Waals surface area contributed by atoms with Crippen LogP contribution in [0, 0.1) is 0 Å². The fourth-order valence-corrected chi connectivity index (χ4v) is 0.640. The van der Waals surface area contributed by atoms with E-state index in [1.54, 1.807) is 6.92 Å². The van der Waals surface area contributed by atoms with E-state index in [0.29, 0.717) is 0 Å². The number of hydrogen-bond acceptors (Lipinski definition) is 4. The zero-order valence-corrected chi connectivity index (χ0v) is 6.13. The van der Waals surface area contributed by atoms with Crippen molar-refractivity contribution in [2.45, 2.75) is 18.9 Å². The zero-order chi connectivity index (χ0) is 8.20. The summed E-state index contributed by atoms with van der Waals surface area (Å²) in [6, 6.07) is 0. The number of Topliss-reactive ketones (excluding diaryl/α,β-unsaturated/α-hetero) is 1. The van der Waals surface area contributed by atoms with E-state index in [2.05, 4.69) is 0 Å². The van der Waals surface area contributed by atoms with Gasteiger partial charge >= 0.3 is 0 Å². The average molecular weight is 146 g/mol. The van der Waals surface area contributed by atoms with E-state index in [1.165, 1.54) is 0 Å². The molecule has 0 radical (unpaired) electrons. The molecule has 5 N–H and O–H groups in total. The molecular weight excluding hydrogens is 132 g/mol. The Kier molecular flexibility index (Phi) is 3.49. The van der Waals surface area contributed by atoms with Crippen LogP contribution < -0.4 is 11.5 Å². The number of rotatable bonds is 4. The predicted molar refractivity (Wildman–Crippen MR) is 38.4 cm³/mol.